The lowest BCUT2D eigenvalue weighted by Crippen LogP contribution is -2.01. The number of rotatable bonds is 5. The van der Waals surface area contributed by atoms with E-state index in [-0.39, 0.29) is 0 Å². The molecule has 1 atom stereocenters. The second kappa shape index (κ2) is 6.93. The third kappa shape index (κ3) is 3.96. The predicted octanol–water partition coefficient (Wildman–Crippen LogP) is 3.68. The van der Waals surface area contributed by atoms with Gasteiger partial charge in [0.2, 0.25) is 0 Å². The normalized spacial score (nSPS) is 12.2. The van der Waals surface area contributed by atoms with Crippen LogP contribution < -0.4 is 4.74 Å². The summed E-state index contributed by atoms with van der Waals surface area (Å²) in [4.78, 5) is 5.15. The molecule has 0 amide bonds. The van der Waals surface area contributed by atoms with Gasteiger partial charge >= 0.3 is 0 Å². The Hall–Kier alpha value is -1.04. The van der Waals surface area contributed by atoms with Gasteiger partial charge in [0.1, 0.15) is 5.75 Å². The molecule has 19 heavy (non-hydrogen) atoms. The maximum absolute atomic E-state index is 10.2. The summed E-state index contributed by atoms with van der Waals surface area (Å²) in [6, 6.07) is 9.76. The third-order valence-electron chi connectivity index (χ3n) is 2.59. The quantitative estimate of drug-likeness (QED) is 0.844. The highest BCUT2D eigenvalue weighted by Gasteiger charge is 2.10. The number of hydrogen-bond acceptors (Lipinski definition) is 4. The summed E-state index contributed by atoms with van der Waals surface area (Å²) >= 11 is 5.09. The van der Waals surface area contributed by atoms with Crippen molar-refractivity contribution in [3.05, 3.63) is 52.8 Å². The van der Waals surface area contributed by atoms with Crippen LogP contribution in [-0.2, 0) is 0 Å². The first-order chi connectivity index (χ1) is 9.20. The lowest BCUT2D eigenvalue weighted by atomic mass is 10.2. The monoisotopic (exact) mass is 339 g/mol. The van der Waals surface area contributed by atoms with Gasteiger partial charge in [-0.3, -0.25) is 4.98 Å². The molecule has 1 unspecified atom stereocenters. The van der Waals surface area contributed by atoms with E-state index >= 15 is 0 Å². The summed E-state index contributed by atoms with van der Waals surface area (Å²) in [5, 5.41) is 10.2. The number of halogens is 1. The van der Waals surface area contributed by atoms with Crippen LogP contribution in [-0.4, -0.2) is 23.0 Å². The van der Waals surface area contributed by atoms with E-state index in [4.69, 9.17) is 4.74 Å². The Morgan fingerprint density at radius 1 is 1.37 bits per heavy atom. The van der Waals surface area contributed by atoms with Crippen LogP contribution >= 0.6 is 27.7 Å². The predicted molar refractivity (Wildman–Crippen MR) is 80.6 cm³/mol. The largest absolute Gasteiger partial charge is 0.495 e. The summed E-state index contributed by atoms with van der Waals surface area (Å²) in [5.41, 5.74) is 0.763. The first kappa shape index (κ1) is 14.4. The molecule has 0 spiro atoms. The molecule has 0 radical (unpaired) electrons. The van der Waals surface area contributed by atoms with Gasteiger partial charge in [-0.2, -0.15) is 0 Å². The zero-order valence-electron chi connectivity index (χ0n) is 10.4. The van der Waals surface area contributed by atoms with Crippen molar-refractivity contribution >= 4 is 27.7 Å². The highest BCUT2D eigenvalue weighted by Crippen LogP contribution is 2.30. The molecule has 1 aromatic heterocycles. The van der Waals surface area contributed by atoms with Gasteiger partial charge in [-0.25, -0.2) is 0 Å². The Labute approximate surface area is 125 Å². The number of nitrogens with zero attached hydrogens (tertiary/aromatic N) is 1. The topological polar surface area (TPSA) is 42.4 Å². The first-order valence-corrected chi connectivity index (χ1v) is 7.53. The minimum absolute atomic E-state index is 0.567. The molecule has 1 N–H and O–H groups in total. The molecule has 0 aliphatic heterocycles. The highest BCUT2D eigenvalue weighted by molar-refractivity contribution is 9.10. The molecule has 3 nitrogen and oxygen atoms in total. The summed E-state index contributed by atoms with van der Waals surface area (Å²) in [7, 11) is 1.59. The molecule has 0 bridgehead atoms. The molecule has 5 heteroatoms. The van der Waals surface area contributed by atoms with Gasteiger partial charge in [-0.15, -0.1) is 11.8 Å². The van der Waals surface area contributed by atoms with E-state index in [1.54, 1.807) is 37.3 Å². The first-order valence-electron chi connectivity index (χ1n) is 5.75. The van der Waals surface area contributed by atoms with Crippen LogP contribution in [0.3, 0.4) is 0 Å². The number of thioether (sulfide) groups is 1. The van der Waals surface area contributed by atoms with Crippen molar-refractivity contribution in [3.63, 3.8) is 0 Å². The second-order valence-corrected chi connectivity index (χ2v) is 5.83. The van der Waals surface area contributed by atoms with Crippen LogP contribution in [0.4, 0.5) is 0 Å². The number of aliphatic hydroxyl groups excluding tert-OH is 1. The van der Waals surface area contributed by atoms with Crippen LogP contribution in [0.25, 0.3) is 0 Å². The van der Waals surface area contributed by atoms with Crippen molar-refractivity contribution in [2.24, 2.45) is 0 Å². The van der Waals surface area contributed by atoms with E-state index in [0.717, 1.165) is 14.9 Å². The molecule has 2 aromatic rings. The number of ether oxygens (including phenoxy) is 1. The van der Waals surface area contributed by atoms with E-state index < -0.39 is 6.10 Å². The molecule has 0 fully saturated rings. The SMILES string of the molecule is COc1cncc(C(O)CSc2ccccc2Br)c1. The molecular weight excluding hydrogens is 326 g/mol. The van der Waals surface area contributed by atoms with E-state index in [0.29, 0.717) is 11.5 Å². The van der Waals surface area contributed by atoms with E-state index in [9.17, 15) is 5.11 Å². The summed E-state index contributed by atoms with van der Waals surface area (Å²) in [6.07, 6.45) is 2.71. The number of aromatic nitrogens is 1. The fourth-order valence-corrected chi connectivity index (χ4v) is 3.09. The van der Waals surface area contributed by atoms with Crippen molar-refractivity contribution in [3.8, 4) is 5.75 Å². The van der Waals surface area contributed by atoms with Gasteiger partial charge in [0.05, 0.1) is 19.4 Å². The van der Waals surface area contributed by atoms with Crippen molar-refractivity contribution < 1.29 is 9.84 Å². The van der Waals surface area contributed by atoms with Gasteiger partial charge in [-0.1, -0.05) is 12.1 Å². The fourth-order valence-electron chi connectivity index (χ4n) is 1.56. The van der Waals surface area contributed by atoms with Crippen LogP contribution in [0.1, 0.15) is 11.7 Å². The molecule has 0 saturated carbocycles. The molecule has 0 saturated heterocycles. The average molecular weight is 340 g/mol. The molecule has 2 rings (SSSR count). The number of benzene rings is 1. The van der Waals surface area contributed by atoms with Crippen LogP contribution in [0, 0.1) is 0 Å². The lowest BCUT2D eigenvalue weighted by molar-refractivity contribution is 0.203. The van der Waals surface area contributed by atoms with Gasteiger partial charge < -0.3 is 9.84 Å². The smallest absolute Gasteiger partial charge is 0.137 e. The third-order valence-corrected chi connectivity index (χ3v) is 4.69. The molecule has 1 heterocycles. The van der Waals surface area contributed by atoms with E-state index in [2.05, 4.69) is 20.9 Å². The number of methoxy groups -OCH3 is 1. The summed E-state index contributed by atoms with van der Waals surface area (Å²) in [5.74, 6) is 1.22. The Morgan fingerprint density at radius 3 is 2.89 bits per heavy atom. The van der Waals surface area contributed by atoms with Crippen LogP contribution in [0.15, 0.2) is 52.1 Å². The Morgan fingerprint density at radius 2 is 2.16 bits per heavy atom. The average Bonchev–Trinajstić information content (AvgIpc) is 2.46. The zero-order chi connectivity index (χ0) is 13.7. The van der Waals surface area contributed by atoms with Gasteiger partial charge in [0.25, 0.3) is 0 Å². The minimum Gasteiger partial charge on any atom is -0.495 e. The van der Waals surface area contributed by atoms with Gasteiger partial charge in [-0.05, 0) is 34.1 Å². The number of aliphatic hydroxyl groups is 1. The second-order valence-electron chi connectivity index (χ2n) is 3.92. The maximum Gasteiger partial charge on any atom is 0.137 e. The van der Waals surface area contributed by atoms with E-state index in [1.165, 1.54) is 0 Å². The fraction of sp³-hybridized carbons (Fsp3) is 0.214. The highest BCUT2D eigenvalue weighted by atomic mass is 79.9. The standard InChI is InChI=1S/C14H14BrNO2S/c1-18-11-6-10(7-16-8-11)13(17)9-19-14-5-3-2-4-12(14)15/h2-8,13,17H,9H2,1H3. The van der Waals surface area contributed by atoms with Gasteiger partial charge in [0.15, 0.2) is 0 Å². The Balaban J connectivity index is 2.01. The maximum atomic E-state index is 10.2. The van der Waals surface area contributed by atoms with Crippen molar-refractivity contribution in [1.29, 1.82) is 0 Å². The molecule has 1 aromatic carbocycles. The Kier molecular flexibility index (Phi) is 5.24. The molecule has 0 aliphatic carbocycles. The summed E-state index contributed by atoms with van der Waals surface area (Å²) in [6.45, 7) is 0. The number of pyridine rings is 1. The van der Waals surface area contributed by atoms with Crippen LogP contribution in [0.2, 0.25) is 0 Å². The number of hydrogen-bond donors (Lipinski definition) is 1. The van der Waals surface area contributed by atoms with E-state index in [1.807, 2.05) is 24.3 Å². The molecule has 100 valence electrons. The minimum atomic E-state index is -0.570. The molecular formula is C14H14BrNO2S. The molecule has 0 aliphatic rings. The van der Waals surface area contributed by atoms with Crippen molar-refractivity contribution in [1.82, 2.24) is 4.98 Å². The summed E-state index contributed by atoms with van der Waals surface area (Å²) < 4.78 is 6.14. The lowest BCUT2D eigenvalue weighted by Gasteiger charge is -2.12. The van der Waals surface area contributed by atoms with Gasteiger partial charge in [0, 0.05) is 26.9 Å². The Bertz CT molecular complexity index is 550. The van der Waals surface area contributed by atoms with Crippen LogP contribution in [0.5, 0.6) is 5.75 Å². The zero-order valence-corrected chi connectivity index (χ0v) is 12.8. The van der Waals surface area contributed by atoms with Crippen molar-refractivity contribution in [2.45, 2.75) is 11.0 Å². The van der Waals surface area contributed by atoms with Crippen molar-refractivity contribution in [2.75, 3.05) is 12.9 Å².